The number of nitro benzene ring substituents is 4. The van der Waals surface area contributed by atoms with Gasteiger partial charge < -0.3 is 0 Å². The summed E-state index contributed by atoms with van der Waals surface area (Å²) in [6.45, 7) is 1.80. The first-order chi connectivity index (χ1) is 24.9. The van der Waals surface area contributed by atoms with Crippen LogP contribution < -0.4 is 0 Å². The van der Waals surface area contributed by atoms with Crippen molar-refractivity contribution in [3.05, 3.63) is 142 Å². The first-order valence-corrected chi connectivity index (χ1v) is 21.6. The number of hydrogen-bond donors (Lipinski definition) is 0. The Balaban J connectivity index is 0.000000294. The molecule has 0 N–H and O–H groups in total. The predicted octanol–water partition coefficient (Wildman–Crippen LogP) is 6.53. The van der Waals surface area contributed by atoms with Crippen molar-refractivity contribution in [3.63, 3.8) is 0 Å². The van der Waals surface area contributed by atoms with Gasteiger partial charge in [-0.15, -0.1) is 0 Å². The molecule has 0 radical (unpaired) electrons. The Morgan fingerprint density at radius 3 is 1.24 bits per heavy atom. The van der Waals surface area contributed by atoms with Crippen LogP contribution in [0, 0.1) is 40.5 Å². The van der Waals surface area contributed by atoms with Crippen LogP contribution in [0.4, 0.5) is 22.7 Å². The van der Waals surface area contributed by atoms with E-state index in [2.05, 4.69) is 15.9 Å². The monoisotopic (exact) mass is 870 g/mol. The third-order valence-corrected chi connectivity index (χ3v) is 11.1. The summed E-state index contributed by atoms with van der Waals surface area (Å²) in [6, 6.07) is 16.9. The van der Waals surface area contributed by atoms with Crippen LogP contribution in [-0.4, -0.2) is 63.7 Å². The molecule has 0 amide bonds. The molecular formula is C32H31BrN4O14S3. The second kappa shape index (κ2) is 18.5. The first kappa shape index (κ1) is 44.7. The number of rotatable bonds is 11. The minimum atomic E-state index is -3.66. The molecule has 4 rings (SSSR count). The first-order valence-electron chi connectivity index (χ1n) is 14.8. The number of halogens is 1. The van der Waals surface area contributed by atoms with Crippen LogP contribution in [0.2, 0.25) is 0 Å². The molecule has 0 saturated heterocycles. The molecule has 0 aliphatic heterocycles. The average Bonchev–Trinajstić information content (AvgIpc) is 3.09. The lowest BCUT2D eigenvalue weighted by Gasteiger charge is -2.04. The van der Waals surface area contributed by atoms with E-state index in [1.54, 1.807) is 13.0 Å². The molecule has 4 aromatic carbocycles. The summed E-state index contributed by atoms with van der Waals surface area (Å²) in [7, 11) is -10.5. The van der Waals surface area contributed by atoms with Crippen molar-refractivity contribution in [1.82, 2.24) is 0 Å². The summed E-state index contributed by atoms with van der Waals surface area (Å²) in [6.07, 6.45) is 6.62. The summed E-state index contributed by atoms with van der Waals surface area (Å²) >= 11 is 3.13. The smallest absolute Gasteiger partial charge is 0.258 e. The number of nitro groups is 4. The molecule has 22 heteroatoms. The highest BCUT2D eigenvalue weighted by molar-refractivity contribution is 9.08. The van der Waals surface area contributed by atoms with E-state index in [9.17, 15) is 65.7 Å². The van der Waals surface area contributed by atoms with E-state index in [0.29, 0.717) is 34.0 Å². The summed E-state index contributed by atoms with van der Waals surface area (Å²) in [4.78, 5) is 39.8. The fraction of sp³-hybridized carbons (Fsp3) is 0.188. The molecule has 4 aromatic rings. The van der Waals surface area contributed by atoms with Gasteiger partial charge in [0, 0.05) is 72.6 Å². The topological polar surface area (TPSA) is 275 Å². The normalized spacial score (nSPS) is 11.4. The molecule has 0 saturated carbocycles. The Kier molecular flexibility index (Phi) is 15.3. The number of aryl methyl sites for hydroxylation is 1. The molecule has 0 spiro atoms. The third kappa shape index (κ3) is 12.9. The lowest BCUT2D eigenvalue weighted by atomic mass is 10.1. The number of hydrogen-bond acceptors (Lipinski definition) is 14. The van der Waals surface area contributed by atoms with Crippen molar-refractivity contribution >= 4 is 80.3 Å². The second-order valence-electron chi connectivity index (χ2n) is 11.1. The van der Waals surface area contributed by atoms with Gasteiger partial charge in [-0.1, -0.05) is 47.1 Å². The standard InChI is InChI=1S/C15H12N2O6S.C9H11NO4S.C8H8BrNO4S/c1-24(22,23)15-10-14(17(20)21)9-6-12(15)5-2-11-3-7-13(8-4-11)16(18)19;1-3-7-4-5-8(10(11)12)6-9(7)15(2,13)14;1-15(13,14)8-4-7(10(11)12)3-2-6(8)5-9/h2-10H,1H3;4-6H,3H2,1-2H3;2-4H,5H2,1H3/b5-2+;;. The van der Waals surface area contributed by atoms with Crippen molar-refractivity contribution in [2.45, 2.75) is 33.4 Å². The Morgan fingerprint density at radius 2 is 0.870 bits per heavy atom. The highest BCUT2D eigenvalue weighted by Crippen LogP contribution is 2.26. The fourth-order valence-electron chi connectivity index (χ4n) is 4.39. The summed E-state index contributed by atoms with van der Waals surface area (Å²) in [5.74, 6) is 0. The lowest BCUT2D eigenvalue weighted by Crippen LogP contribution is -2.03. The van der Waals surface area contributed by atoms with Gasteiger partial charge in [0.1, 0.15) is 0 Å². The van der Waals surface area contributed by atoms with E-state index < -0.39 is 49.2 Å². The number of alkyl halides is 1. The van der Waals surface area contributed by atoms with Crippen LogP contribution in [0.5, 0.6) is 0 Å². The minimum absolute atomic E-state index is 0.00595. The van der Waals surface area contributed by atoms with Gasteiger partial charge in [-0.3, -0.25) is 40.5 Å². The maximum atomic E-state index is 11.8. The van der Waals surface area contributed by atoms with Crippen molar-refractivity contribution < 1.29 is 44.9 Å². The molecule has 0 aliphatic rings. The van der Waals surface area contributed by atoms with Crippen LogP contribution in [0.3, 0.4) is 0 Å². The van der Waals surface area contributed by atoms with Crippen molar-refractivity contribution in [3.8, 4) is 0 Å². The Labute approximate surface area is 317 Å². The van der Waals surface area contributed by atoms with Gasteiger partial charge in [-0.2, -0.15) is 0 Å². The zero-order chi connectivity index (χ0) is 41.2. The third-order valence-electron chi connectivity index (χ3n) is 7.01. The molecule has 54 heavy (non-hydrogen) atoms. The Hall–Kier alpha value is -5.45. The van der Waals surface area contributed by atoms with E-state index in [0.717, 1.165) is 37.0 Å². The van der Waals surface area contributed by atoms with E-state index in [1.807, 2.05) is 0 Å². The molecule has 0 aromatic heterocycles. The zero-order valence-corrected chi connectivity index (χ0v) is 32.7. The molecular weight excluding hydrogens is 840 g/mol. The summed E-state index contributed by atoms with van der Waals surface area (Å²) in [5.41, 5.74) is 1.24. The highest BCUT2D eigenvalue weighted by Gasteiger charge is 2.19. The van der Waals surface area contributed by atoms with E-state index >= 15 is 0 Å². The summed E-state index contributed by atoms with van der Waals surface area (Å²) in [5, 5.41) is 42.7. The van der Waals surface area contributed by atoms with Crippen LogP contribution in [0.25, 0.3) is 12.2 Å². The molecule has 0 unspecified atom stereocenters. The maximum absolute atomic E-state index is 11.8. The van der Waals surface area contributed by atoms with E-state index in [1.165, 1.54) is 66.7 Å². The van der Waals surface area contributed by atoms with Gasteiger partial charge in [0.25, 0.3) is 22.7 Å². The van der Waals surface area contributed by atoms with Gasteiger partial charge in [-0.25, -0.2) is 25.3 Å². The SMILES string of the molecule is CCc1ccc([N+](=O)[O-])cc1S(C)(=O)=O.CS(=O)(=O)c1cc([N+](=O)[O-])ccc1/C=C/c1ccc([N+](=O)[O-])cc1.CS(=O)(=O)c1cc([N+](=O)[O-])ccc1CBr. The molecule has 0 fully saturated rings. The van der Waals surface area contributed by atoms with Crippen molar-refractivity contribution in [1.29, 1.82) is 0 Å². The van der Waals surface area contributed by atoms with E-state index in [-0.39, 0.29) is 37.4 Å². The molecule has 0 aliphatic carbocycles. The zero-order valence-electron chi connectivity index (χ0n) is 28.7. The van der Waals surface area contributed by atoms with Gasteiger partial charge in [0.2, 0.25) is 0 Å². The molecule has 0 heterocycles. The van der Waals surface area contributed by atoms with Crippen LogP contribution >= 0.6 is 15.9 Å². The van der Waals surface area contributed by atoms with E-state index in [4.69, 9.17) is 0 Å². The number of sulfone groups is 3. The van der Waals surface area contributed by atoms with Gasteiger partial charge in [0.05, 0.1) is 34.4 Å². The van der Waals surface area contributed by atoms with Crippen LogP contribution in [0.1, 0.15) is 29.2 Å². The molecule has 0 bridgehead atoms. The minimum Gasteiger partial charge on any atom is -0.258 e. The quantitative estimate of drug-likeness (QED) is 0.0671. The number of benzene rings is 4. The highest BCUT2D eigenvalue weighted by atomic mass is 79.9. The number of nitrogens with zero attached hydrogens (tertiary/aromatic N) is 4. The number of non-ortho nitro benzene ring substituents is 4. The molecule has 288 valence electrons. The van der Waals surface area contributed by atoms with Crippen LogP contribution in [-0.2, 0) is 41.3 Å². The Bertz CT molecular complexity index is 2360. The predicted molar refractivity (Wildman–Crippen MR) is 203 cm³/mol. The van der Waals surface area contributed by atoms with Crippen LogP contribution in [0.15, 0.2) is 93.5 Å². The van der Waals surface area contributed by atoms with Crippen molar-refractivity contribution in [2.75, 3.05) is 18.8 Å². The molecule has 18 nitrogen and oxygen atoms in total. The largest absolute Gasteiger partial charge is 0.270 e. The fourth-order valence-corrected chi connectivity index (χ4v) is 7.94. The molecule has 0 atom stereocenters. The average molecular weight is 872 g/mol. The maximum Gasteiger partial charge on any atom is 0.270 e. The summed E-state index contributed by atoms with van der Waals surface area (Å²) < 4.78 is 69.1. The van der Waals surface area contributed by atoms with Gasteiger partial charge >= 0.3 is 0 Å². The second-order valence-corrected chi connectivity index (χ2v) is 17.6. The van der Waals surface area contributed by atoms with Gasteiger partial charge in [-0.05, 0) is 46.9 Å². The van der Waals surface area contributed by atoms with Crippen molar-refractivity contribution in [2.24, 2.45) is 0 Å². The Morgan fingerprint density at radius 1 is 0.519 bits per heavy atom. The lowest BCUT2D eigenvalue weighted by molar-refractivity contribution is -0.385. The van der Waals surface area contributed by atoms with Gasteiger partial charge in [0.15, 0.2) is 29.5 Å².